The maximum Gasteiger partial charge on any atom is 0.272 e. The van der Waals surface area contributed by atoms with Gasteiger partial charge in [-0.15, -0.1) is 11.8 Å². The van der Waals surface area contributed by atoms with E-state index in [4.69, 9.17) is 0 Å². The molecule has 0 atom stereocenters. The average Bonchev–Trinajstić information content (AvgIpc) is 2.52. The lowest BCUT2D eigenvalue weighted by molar-refractivity contribution is -0.385. The highest BCUT2D eigenvalue weighted by atomic mass is 32.2. The molecule has 0 unspecified atom stereocenters. The van der Waals surface area contributed by atoms with Crippen LogP contribution in [0.5, 0.6) is 0 Å². The summed E-state index contributed by atoms with van der Waals surface area (Å²) in [6.07, 6.45) is 0. The minimum atomic E-state index is -0.451. The molecule has 0 aliphatic heterocycles. The molecule has 0 radical (unpaired) electrons. The van der Waals surface area contributed by atoms with Crippen molar-refractivity contribution in [3.8, 4) is 0 Å². The molecule has 0 saturated carbocycles. The van der Waals surface area contributed by atoms with Gasteiger partial charge >= 0.3 is 0 Å². The second kappa shape index (κ2) is 7.61. The lowest BCUT2D eigenvalue weighted by atomic mass is 10.1. The van der Waals surface area contributed by atoms with Crippen molar-refractivity contribution in [1.29, 1.82) is 0 Å². The van der Waals surface area contributed by atoms with Gasteiger partial charge < -0.3 is 5.32 Å². The Kier molecular flexibility index (Phi) is 5.55. The van der Waals surface area contributed by atoms with Crippen LogP contribution in [0.3, 0.4) is 0 Å². The van der Waals surface area contributed by atoms with Gasteiger partial charge in [0.15, 0.2) is 0 Å². The normalized spacial score (nSPS) is 10.2. The second-order valence-corrected chi connectivity index (χ2v) is 5.84. The lowest BCUT2D eigenvalue weighted by Gasteiger charge is -2.06. The number of rotatable bonds is 6. The Balaban J connectivity index is 1.85. The summed E-state index contributed by atoms with van der Waals surface area (Å²) in [5.41, 5.74) is 0.945. The van der Waals surface area contributed by atoms with Gasteiger partial charge in [0.25, 0.3) is 11.6 Å². The van der Waals surface area contributed by atoms with Gasteiger partial charge in [-0.1, -0.05) is 18.2 Å². The Morgan fingerprint density at radius 1 is 1.23 bits per heavy atom. The van der Waals surface area contributed by atoms with Crippen LogP contribution < -0.4 is 5.32 Å². The van der Waals surface area contributed by atoms with E-state index < -0.39 is 4.92 Å². The Morgan fingerprint density at radius 3 is 2.59 bits per heavy atom. The molecule has 2 aromatic carbocycles. The van der Waals surface area contributed by atoms with Gasteiger partial charge in [-0.05, 0) is 31.2 Å². The van der Waals surface area contributed by atoms with Gasteiger partial charge in [0, 0.05) is 34.4 Å². The maximum absolute atomic E-state index is 12.0. The largest absolute Gasteiger partial charge is 0.351 e. The minimum Gasteiger partial charge on any atom is -0.351 e. The molecule has 0 fully saturated rings. The molecule has 0 aliphatic rings. The number of hydrogen-bond donors (Lipinski definition) is 1. The monoisotopic (exact) mass is 316 g/mol. The van der Waals surface area contributed by atoms with E-state index in [2.05, 4.69) is 5.32 Å². The predicted octanol–water partition coefficient (Wildman–Crippen LogP) is 3.43. The third-order valence-corrected chi connectivity index (χ3v) is 4.07. The highest BCUT2D eigenvalue weighted by Crippen LogP contribution is 2.19. The van der Waals surface area contributed by atoms with Gasteiger partial charge in [0.05, 0.1) is 4.92 Å². The number of hydrogen-bond acceptors (Lipinski definition) is 4. The fourth-order valence-electron chi connectivity index (χ4n) is 1.95. The summed E-state index contributed by atoms with van der Waals surface area (Å²) in [4.78, 5) is 23.5. The zero-order chi connectivity index (χ0) is 15.9. The predicted molar refractivity (Wildman–Crippen MR) is 87.3 cm³/mol. The fourth-order valence-corrected chi connectivity index (χ4v) is 2.74. The van der Waals surface area contributed by atoms with Gasteiger partial charge in [0.2, 0.25) is 0 Å². The van der Waals surface area contributed by atoms with Crippen LogP contribution in [0.4, 0.5) is 5.69 Å². The molecule has 6 heteroatoms. The third-order valence-electron chi connectivity index (χ3n) is 3.06. The first kappa shape index (κ1) is 16.0. The minimum absolute atomic E-state index is 0.0242. The number of nitrogens with one attached hydrogen (secondary N) is 1. The van der Waals surface area contributed by atoms with Crippen molar-refractivity contribution < 1.29 is 9.72 Å². The average molecular weight is 316 g/mol. The molecule has 0 aromatic heterocycles. The summed E-state index contributed by atoms with van der Waals surface area (Å²) in [6.45, 7) is 2.16. The van der Waals surface area contributed by atoms with Crippen molar-refractivity contribution in [3.63, 3.8) is 0 Å². The van der Waals surface area contributed by atoms with Gasteiger partial charge in [0.1, 0.15) is 0 Å². The van der Waals surface area contributed by atoms with E-state index in [1.165, 1.54) is 18.2 Å². The van der Waals surface area contributed by atoms with Crippen molar-refractivity contribution in [3.05, 3.63) is 69.8 Å². The summed E-state index contributed by atoms with van der Waals surface area (Å²) in [5, 5.41) is 13.6. The van der Waals surface area contributed by atoms with Gasteiger partial charge in [-0.25, -0.2) is 0 Å². The van der Waals surface area contributed by atoms with Crippen molar-refractivity contribution in [2.75, 3.05) is 12.3 Å². The van der Waals surface area contributed by atoms with Gasteiger partial charge in [-0.3, -0.25) is 14.9 Å². The van der Waals surface area contributed by atoms with Crippen LogP contribution in [0.2, 0.25) is 0 Å². The quantitative estimate of drug-likeness (QED) is 0.383. The molecule has 0 bridgehead atoms. The Bertz CT molecular complexity index is 674. The molecule has 114 valence electrons. The zero-order valence-corrected chi connectivity index (χ0v) is 12.9. The van der Waals surface area contributed by atoms with Crippen molar-refractivity contribution in [2.24, 2.45) is 0 Å². The fraction of sp³-hybridized carbons (Fsp3) is 0.188. The van der Waals surface area contributed by atoms with Crippen LogP contribution >= 0.6 is 11.8 Å². The van der Waals surface area contributed by atoms with Crippen LogP contribution in [0, 0.1) is 17.0 Å². The number of carbonyl (C=O) groups is 1. The first-order valence-corrected chi connectivity index (χ1v) is 7.77. The third kappa shape index (κ3) is 4.33. The molecule has 2 aromatic rings. The molecule has 1 amide bonds. The number of benzene rings is 2. The molecular formula is C16H16N2O3S. The van der Waals surface area contributed by atoms with Gasteiger partial charge in [-0.2, -0.15) is 0 Å². The topological polar surface area (TPSA) is 72.2 Å². The molecule has 0 spiro atoms. The molecule has 22 heavy (non-hydrogen) atoms. The van der Waals surface area contributed by atoms with E-state index in [1.807, 2.05) is 30.3 Å². The van der Waals surface area contributed by atoms with E-state index in [0.29, 0.717) is 17.7 Å². The molecule has 0 heterocycles. The van der Waals surface area contributed by atoms with E-state index in [1.54, 1.807) is 18.7 Å². The molecule has 0 aliphatic carbocycles. The van der Waals surface area contributed by atoms with Crippen LogP contribution in [0.25, 0.3) is 0 Å². The van der Waals surface area contributed by atoms with E-state index in [0.717, 1.165) is 10.6 Å². The summed E-state index contributed by atoms with van der Waals surface area (Å²) < 4.78 is 0. The Hall–Kier alpha value is -2.34. The highest BCUT2D eigenvalue weighted by Gasteiger charge is 2.13. The molecule has 0 saturated heterocycles. The summed E-state index contributed by atoms with van der Waals surface area (Å²) in [7, 11) is 0. The van der Waals surface area contributed by atoms with Crippen molar-refractivity contribution in [1.82, 2.24) is 5.32 Å². The molecule has 2 rings (SSSR count). The van der Waals surface area contributed by atoms with Crippen LogP contribution in [-0.4, -0.2) is 23.1 Å². The van der Waals surface area contributed by atoms with Crippen molar-refractivity contribution in [2.45, 2.75) is 11.8 Å². The SMILES string of the molecule is Cc1cc(C(=O)NCCSc2ccccc2)ccc1[N+](=O)[O-]. The lowest BCUT2D eigenvalue weighted by Crippen LogP contribution is -2.25. The molecular weight excluding hydrogens is 300 g/mol. The van der Waals surface area contributed by atoms with E-state index in [-0.39, 0.29) is 11.6 Å². The second-order valence-electron chi connectivity index (χ2n) is 4.68. The number of nitrogens with zero attached hydrogens (tertiary/aromatic N) is 1. The van der Waals surface area contributed by atoms with Crippen LogP contribution in [0.1, 0.15) is 15.9 Å². The van der Waals surface area contributed by atoms with Crippen molar-refractivity contribution >= 4 is 23.4 Å². The summed E-state index contributed by atoms with van der Waals surface area (Å²) in [6, 6.07) is 14.3. The van der Waals surface area contributed by atoms with E-state index in [9.17, 15) is 14.9 Å². The smallest absolute Gasteiger partial charge is 0.272 e. The highest BCUT2D eigenvalue weighted by molar-refractivity contribution is 7.99. The zero-order valence-electron chi connectivity index (χ0n) is 12.1. The first-order valence-electron chi connectivity index (χ1n) is 6.79. The van der Waals surface area contributed by atoms with Crippen LogP contribution in [0.15, 0.2) is 53.4 Å². The number of nitro benzene ring substituents is 1. The molecule has 1 N–H and O–H groups in total. The molecule has 5 nitrogen and oxygen atoms in total. The summed E-state index contributed by atoms with van der Waals surface area (Å²) >= 11 is 1.66. The number of thioether (sulfide) groups is 1. The number of nitro groups is 1. The van der Waals surface area contributed by atoms with E-state index >= 15 is 0 Å². The first-order chi connectivity index (χ1) is 10.6. The van der Waals surface area contributed by atoms with Crippen LogP contribution in [-0.2, 0) is 0 Å². The number of carbonyl (C=O) groups excluding carboxylic acids is 1. The Morgan fingerprint density at radius 2 is 1.95 bits per heavy atom. The Labute approximate surface area is 132 Å². The standard InChI is InChI=1S/C16H16N2O3S/c1-12-11-13(7-8-15(12)18(20)21)16(19)17-9-10-22-14-5-3-2-4-6-14/h2-8,11H,9-10H2,1H3,(H,17,19). The summed E-state index contributed by atoms with van der Waals surface area (Å²) in [5.74, 6) is 0.550. The number of amides is 1. The maximum atomic E-state index is 12.0. The number of aryl methyl sites for hydroxylation is 1.